The van der Waals surface area contributed by atoms with Crippen LogP contribution in [0.1, 0.15) is 0 Å². The summed E-state index contributed by atoms with van der Waals surface area (Å²) in [5.41, 5.74) is 2.13. The van der Waals surface area contributed by atoms with Gasteiger partial charge in [0.2, 0.25) is 11.1 Å². The van der Waals surface area contributed by atoms with E-state index in [9.17, 15) is 4.79 Å². The summed E-state index contributed by atoms with van der Waals surface area (Å²) >= 11 is 1.29. The van der Waals surface area contributed by atoms with E-state index in [1.54, 1.807) is 17.8 Å². The van der Waals surface area contributed by atoms with Gasteiger partial charge in [-0.25, -0.2) is 0 Å². The van der Waals surface area contributed by atoms with Crippen LogP contribution in [0, 0.1) is 0 Å². The zero-order chi connectivity index (χ0) is 14.7. The Labute approximate surface area is 124 Å². The minimum absolute atomic E-state index is 0.0716. The third kappa shape index (κ3) is 2.84. The van der Waals surface area contributed by atoms with E-state index < -0.39 is 0 Å². The highest BCUT2D eigenvalue weighted by molar-refractivity contribution is 7.99. The second kappa shape index (κ2) is 5.88. The van der Waals surface area contributed by atoms with Gasteiger partial charge in [0.05, 0.1) is 11.4 Å². The van der Waals surface area contributed by atoms with E-state index in [2.05, 4.69) is 25.6 Å². The second-order valence-corrected chi connectivity index (χ2v) is 5.09. The topological polar surface area (TPSA) is 85.1 Å². The molecular weight excluding hydrogens is 288 g/mol. The van der Waals surface area contributed by atoms with Gasteiger partial charge in [-0.05, 0) is 24.3 Å². The summed E-state index contributed by atoms with van der Waals surface area (Å²) < 4.78 is 1.62. The largest absolute Gasteiger partial charge is 0.358 e. The first-order valence-electron chi connectivity index (χ1n) is 6.25. The maximum absolute atomic E-state index is 11.3. The number of rotatable bonds is 4. The van der Waals surface area contributed by atoms with Crippen molar-refractivity contribution in [2.45, 2.75) is 5.16 Å². The highest BCUT2D eigenvalue weighted by atomic mass is 32.2. The van der Waals surface area contributed by atoms with E-state index in [1.807, 2.05) is 30.3 Å². The molecule has 0 radical (unpaired) electrons. The van der Waals surface area contributed by atoms with Crippen molar-refractivity contribution < 1.29 is 4.79 Å². The Morgan fingerprint density at radius 2 is 2.14 bits per heavy atom. The van der Waals surface area contributed by atoms with E-state index in [-0.39, 0.29) is 11.7 Å². The van der Waals surface area contributed by atoms with Gasteiger partial charge in [-0.15, -0.1) is 10.2 Å². The standard InChI is InChI=1S/C13H12N6OS/c1-14-12(20)8-21-13-17-16-11-6-5-10(18-19(11)13)9-4-2-3-7-15-9/h2-7H,8H2,1H3,(H,14,20). The number of aromatic nitrogens is 5. The van der Waals surface area contributed by atoms with Crippen LogP contribution in [0.4, 0.5) is 0 Å². The van der Waals surface area contributed by atoms with Crippen molar-refractivity contribution in [2.75, 3.05) is 12.8 Å². The maximum atomic E-state index is 11.3. The predicted octanol–water partition coefficient (Wildman–Crippen LogP) is 1.02. The first-order chi connectivity index (χ1) is 10.3. The van der Waals surface area contributed by atoms with Crippen LogP contribution in [0.15, 0.2) is 41.7 Å². The molecule has 3 aromatic heterocycles. The molecule has 0 aromatic carbocycles. The fraction of sp³-hybridized carbons (Fsp3) is 0.154. The third-order valence-corrected chi connectivity index (χ3v) is 3.69. The van der Waals surface area contributed by atoms with Crippen LogP contribution in [0.25, 0.3) is 17.0 Å². The zero-order valence-electron chi connectivity index (χ0n) is 11.2. The monoisotopic (exact) mass is 300 g/mol. The number of fused-ring (bicyclic) bond motifs is 1. The van der Waals surface area contributed by atoms with Crippen LogP contribution in [0.2, 0.25) is 0 Å². The lowest BCUT2D eigenvalue weighted by atomic mass is 10.2. The average Bonchev–Trinajstić information content (AvgIpc) is 2.95. The predicted molar refractivity (Wildman–Crippen MR) is 78.8 cm³/mol. The van der Waals surface area contributed by atoms with Crippen LogP contribution >= 0.6 is 11.8 Å². The van der Waals surface area contributed by atoms with Crippen molar-refractivity contribution in [1.29, 1.82) is 0 Å². The number of nitrogens with one attached hydrogen (secondary N) is 1. The second-order valence-electron chi connectivity index (χ2n) is 4.15. The molecule has 1 amide bonds. The Morgan fingerprint density at radius 3 is 2.90 bits per heavy atom. The molecule has 3 aromatic rings. The molecule has 0 fully saturated rings. The first kappa shape index (κ1) is 13.5. The number of thioether (sulfide) groups is 1. The van der Waals surface area contributed by atoms with Gasteiger partial charge < -0.3 is 5.32 Å². The lowest BCUT2D eigenvalue weighted by Crippen LogP contribution is -2.19. The Balaban J connectivity index is 1.94. The van der Waals surface area contributed by atoms with Crippen LogP contribution in [-0.2, 0) is 4.79 Å². The molecule has 0 aliphatic rings. The van der Waals surface area contributed by atoms with Crippen molar-refractivity contribution in [3.8, 4) is 11.4 Å². The number of amides is 1. The summed E-state index contributed by atoms with van der Waals surface area (Å²) in [6.45, 7) is 0. The molecule has 7 nitrogen and oxygen atoms in total. The van der Waals surface area contributed by atoms with Crippen LogP contribution in [-0.4, -0.2) is 43.5 Å². The van der Waals surface area contributed by atoms with E-state index in [1.165, 1.54) is 11.8 Å². The van der Waals surface area contributed by atoms with Crippen molar-refractivity contribution in [3.05, 3.63) is 36.5 Å². The van der Waals surface area contributed by atoms with E-state index in [0.717, 1.165) is 11.4 Å². The van der Waals surface area contributed by atoms with Crippen molar-refractivity contribution in [3.63, 3.8) is 0 Å². The van der Waals surface area contributed by atoms with Crippen molar-refractivity contribution in [1.82, 2.24) is 30.1 Å². The molecular formula is C13H12N6OS. The number of hydrogen-bond acceptors (Lipinski definition) is 6. The van der Waals surface area contributed by atoms with Gasteiger partial charge in [-0.1, -0.05) is 17.8 Å². The van der Waals surface area contributed by atoms with E-state index in [0.29, 0.717) is 10.8 Å². The highest BCUT2D eigenvalue weighted by Gasteiger charge is 2.11. The highest BCUT2D eigenvalue weighted by Crippen LogP contribution is 2.19. The normalized spacial score (nSPS) is 10.7. The number of hydrogen-bond donors (Lipinski definition) is 1. The number of nitrogens with zero attached hydrogens (tertiary/aromatic N) is 5. The molecule has 21 heavy (non-hydrogen) atoms. The van der Waals surface area contributed by atoms with Crippen LogP contribution in [0.3, 0.4) is 0 Å². The van der Waals surface area contributed by atoms with Crippen molar-refractivity contribution >= 4 is 23.3 Å². The van der Waals surface area contributed by atoms with Crippen LogP contribution in [0.5, 0.6) is 0 Å². The molecule has 0 aliphatic heterocycles. The molecule has 3 rings (SSSR count). The quantitative estimate of drug-likeness (QED) is 0.724. The van der Waals surface area contributed by atoms with Crippen LogP contribution < -0.4 is 5.32 Å². The van der Waals surface area contributed by atoms with Gasteiger partial charge in [-0.3, -0.25) is 9.78 Å². The molecule has 0 spiro atoms. The Morgan fingerprint density at radius 1 is 1.24 bits per heavy atom. The summed E-state index contributed by atoms with van der Waals surface area (Å²) in [5.74, 6) is 0.199. The van der Waals surface area contributed by atoms with E-state index in [4.69, 9.17) is 0 Å². The molecule has 0 atom stereocenters. The number of carbonyl (C=O) groups excluding carboxylic acids is 1. The SMILES string of the molecule is CNC(=O)CSc1nnc2ccc(-c3ccccn3)nn12. The summed E-state index contributed by atoms with van der Waals surface area (Å²) in [7, 11) is 1.60. The molecule has 0 unspecified atom stereocenters. The number of carbonyl (C=O) groups is 1. The Kier molecular flexibility index (Phi) is 3.78. The summed E-state index contributed by atoms with van der Waals surface area (Å²) in [4.78, 5) is 15.6. The molecule has 1 N–H and O–H groups in total. The molecule has 106 valence electrons. The van der Waals surface area contributed by atoms with E-state index >= 15 is 0 Å². The van der Waals surface area contributed by atoms with Crippen molar-refractivity contribution in [2.24, 2.45) is 0 Å². The zero-order valence-corrected chi connectivity index (χ0v) is 12.0. The molecule has 0 saturated carbocycles. The first-order valence-corrected chi connectivity index (χ1v) is 7.24. The Hall–Kier alpha value is -2.48. The van der Waals surface area contributed by atoms with Gasteiger partial charge >= 0.3 is 0 Å². The fourth-order valence-corrected chi connectivity index (χ4v) is 2.47. The lowest BCUT2D eigenvalue weighted by Gasteiger charge is -2.02. The summed E-state index contributed by atoms with van der Waals surface area (Å²) in [6.07, 6.45) is 1.72. The minimum Gasteiger partial charge on any atom is -0.358 e. The smallest absolute Gasteiger partial charge is 0.230 e. The van der Waals surface area contributed by atoms with Gasteiger partial charge in [-0.2, -0.15) is 9.61 Å². The maximum Gasteiger partial charge on any atom is 0.230 e. The lowest BCUT2D eigenvalue weighted by molar-refractivity contribution is -0.118. The molecule has 0 aliphatic carbocycles. The average molecular weight is 300 g/mol. The summed E-state index contributed by atoms with van der Waals surface area (Å²) in [5, 5.41) is 15.7. The van der Waals surface area contributed by atoms with Gasteiger partial charge in [0.25, 0.3) is 0 Å². The third-order valence-electron chi connectivity index (χ3n) is 2.77. The number of pyridine rings is 1. The van der Waals surface area contributed by atoms with Gasteiger partial charge in [0.15, 0.2) is 5.65 Å². The molecule has 0 saturated heterocycles. The molecule has 3 heterocycles. The van der Waals surface area contributed by atoms with Gasteiger partial charge in [0, 0.05) is 13.2 Å². The molecule has 8 heteroatoms. The fourth-order valence-electron chi connectivity index (χ4n) is 1.71. The van der Waals surface area contributed by atoms with Gasteiger partial charge in [0.1, 0.15) is 5.69 Å². The minimum atomic E-state index is -0.0716. The summed E-state index contributed by atoms with van der Waals surface area (Å²) in [6, 6.07) is 9.32. The molecule has 0 bridgehead atoms. The Bertz CT molecular complexity index is 773.